The molecule has 1 fully saturated rings. The number of nitrogens with zero attached hydrogens (tertiary/aromatic N) is 4. The average Bonchev–Trinajstić information content (AvgIpc) is 2.89. The second-order valence-electron chi connectivity index (χ2n) is 6.35. The Morgan fingerprint density at radius 2 is 2.04 bits per heavy atom. The van der Waals surface area contributed by atoms with Gasteiger partial charge < -0.3 is 20.6 Å². The van der Waals surface area contributed by atoms with Crippen LogP contribution in [0.2, 0.25) is 5.15 Å². The Morgan fingerprint density at radius 1 is 1.26 bits per heavy atom. The van der Waals surface area contributed by atoms with Crippen molar-refractivity contribution >= 4 is 28.8 Å². The maximum atomic E-state index is 13.3. The highest BCUT2D eigenvalue weighted by atomic mass is 35.5. The molecule has 0 unspecified atom stereocenters. The van der Waals surface area contributed by atoms with Crippen molar-refractivity contribution in [3.8, 4) is 0 Å². The molecule has 0 bridgehead atoms. The number of nitrogens with one attached hydrogen (secondary N) is 1. The van der Waals surface area contributed by atoms with E-state index in [-0.39, 0.29) is 29.0 Å². The predicted octanol–water partition coefficient (Wildman–Crippen LogP) is 2.51. The molecule has 144 valence electrons. The molecule has 8 nitrogen and oxygen atoms in total. The van der Waals surface area contributed by atoms with Gasteiger partial charge in [-0.2, -0.15) is 5.11 Å². The fraction of sp³-hybridized carbons (Fsp3) is 0.412. The molecule has 1 heterocycles. The number of benzene rings is 1. The number of aliphatic hydroxyl groups excluding tert-OH is 3. The monoisotopic (exact) mass is 395 g/mol. The summed E-state index contributed by atoms with van der Waals surface area (Å²) in [6.07, 6.45) is -1.81. The molecule has 1 aromatic heterocycles. The van der Waals surface area contributed by atoms with Gasteiger partial charge in [-0.05, 0) is 25.5 Å². The number of azo groups is 1. The van der Waals surface area contributed by atoms with Gasteiger partial charge in [-0.25, -0.2) is 14.4 Å². The van der Waals surface area contributed by atoms with Crippen LogP contribution < -0.4 is 5.32 Å². The zero-order valence-corrected chi connectivity index (χ0v) is 15.2. The fourth-order valence-corrected chi connectivity index (χ4v) is 3.24. The molecule has 1 aliphatic carbocycles. The van der Waals surface area contributed by atoms with Crippen LogP contribution in [0.15, 0.2) is 34.5 Å². The van der Waals surface area contributed by atoms with Crippen molar-refractivity contribution in [2.45, 2.75) is 31.6 Å². The van der Waals surface area contributed by atoms with Crippen LogP contribution in [-0.2, 0) is 0 Å². The van der Waals surface area contributed by atoms with E-state index in [1.807, 2.05) is 0 Å². The molecule has 0 aliphatic heterocycles. The van der Waals surface area contributed by atoms with E-state index in [0.717, 1.165) is 0 Å². The van der Waals surface area contributed by atoms with Crippen molar-refractivity contribution in [1.82, 2.24) is 9.97 Å². The van der Waals surface area contributed by atoms with Crippen LogP contribution in [0.4, 0.5) is 21.6 Å². The standard InChI is InChI=1S/C17H19ClFN5O3/c1-8-20-16(18)13(24-23-11-4-2-3-10(19)6-11)17(21-8)22-12-5-9(7-25)14(26)15(12)27/h2-4,6,9,12,14-15,25-27H,5,7H2,1H3,(H,20,21,22)/t9-,12-,14-,15+/m1/s1. The second-order valence-corrected chi connectivity index (χ2v) is 6.71. The Labute approximate surface area is 159 Å². The van der Waals surface area contributed by atoms with Gasteiger partial charge in [-0.15, -0.1) is 5.11 Å². The minimum Gasteiger partial charge on any atom is -0.396 e. The van der Waals surface area contributed by atoms with E-state index in [1.165, 1.54) is 18.2 Å². The average molecular weight is 396 g/mol. The number of hydrogen-bond acceptors (Lipinski definition) is 8. The molecular formula is C17H19ClFN5O3. The van der Waals surface area contributed by atoms with Gasteiger partial charge in [0.2, 0.25) is 0 Å². The number of aryl methyl sites for hydroxylation is 1. The van der Waals surface area contributed by atoms with Gasteiger partial charge in [0, 0.05) is 18.6 Å². The first-order chi connectivity index (χ1) is 12.9. The minimum atomic E-state index is -1.09. The highest BCUT2D eigenvalue weighted by Gasteiger charge is 2.41. The normalized spacial score (nSPS) is 25.3. The third-order valence-corrected chi connectivity index (χ3v) is 4.65. The van der Waals surface area contributed by atoms with Gasteiger partial charge in [0.15, 0.2) is 16.7 Å². The molecular weight excluding hydrogens is 377 g/mol. The van der Waals surface area contributed by atoms with Crippen molar-refractivity contribution in [3.05, 3.63) is 41.1 Å². The smallest absolute Gasteiger partial charge is 0.165 e. The Morgan fingerprint density at radius 3 is 2.70 bits per heavy atom. The summed E-state index contributed by atoms with van der Waals surface area (Å²) >= 11 is 6.17. The summed E-state index contributed by atoms with van der Waals surface area (Å²) in [4.78, 5) is 8.29. The van der Waals surface area contributed by atoms with Crippen LogP contribution in [0.5, 0.6) is 0 Å². The molecule has 2 aromatic rings. The van der Waals surface area contributed by atoms with Crippen LogP contribution in [-0.4, -0.2) is 50.1 Å². The van der Waals surface area contributed by atoms with Crippen LogP contribution in [0.3, 0.4) is 0 Å². The third-order valence-electron chi connectivity index (χ3n) is 4.39. The number of hydrogen-bond donors (Lipinski definition) is 4. The van der Waals surface area contributed by atoms with Gasteiger partial charge >= 0.3 is 0 Å². The van der Waals surface area contributed by atoms with E-state index >= 15 is 0 Å². The van der Waals surface area contributed by atoms with E-state index < -0.39 is 30.0 Å². The summed E-state index contributed by atoms with van der Waals surface area (Å²) in [6.45, 7) is 1.40. The molecule has 1 aliphatic rings. The Kier molecular flexibility index (Phi) is 5.95. The van der Waals surface area contributed by atoms with Gasteiger partial charge in [0.25, 0.3) is 0 Å². The fourth-order valence-electron chi connectivity index (χ4n) is 2.99. The summed E-state index contributed by atoms with van der Waals surface area (Å²) in [7, 11) is 0. The van der Waals surface area contributed by atoms with E-state index in [2.05, 4.69) is 25.5 Å². The predicted molar refractivity (Wildman–Crippen MR) is 97.0 cm³/mol. The maximum absolute atomic E-state index is 13.3. The van der Waals surface area contributed by atoms with Crippen LogP contribution in [0.1, 0.15) is 12.2 Å². The highest BCUT2D eigenvalue weighted by Crippen LogP contribution is 2.35. The van der Waals surface area contributed by atoms with Crippen molar-refractivity contribution in [2.24, 2.45) is 16.1 Å². The molecule has 0 radical (unpaired) electrons. The molecule has 1 aromatic carbocycles. The van der Waals surface area contributed by atoms with Crippen molar-refractivity contribution in [2.75, 3.05) is 11.9 Å². The largest absolute Gasteiger partial charge is 0.396 e. The molecule has 0 amide bonds. The lowest BCUT2D eigenvalue weighted by Crippen LogP contribution is -2.35. The first-order valence-corrected chi connectivity index (χ1v) is 8.71. The lowest BCUT2D eigenvalue weighted by Gasteiger charge is -2.19. The first kappa shape index (κ1) is 19.6. The quantitative estimate of drug-likeness (QED) is 0.455. The summed E-state index contributed by atoms with van der Waals surface area (Å²) in [6, 6.07) is 5.01. The van der Waals surface area contributed by atoms with E-state index in [4.69, 9.17) is 11.6 Å². The molecule has 4 N–H and O–H groups in total. The van der Waals surface area contributed by atoms with Crippen molar-refractivity contribution in [1.29, 1.82) is 0 Å². The number of rotatable bonds is 5. The van der Waals surface area contributed by atoms with Crippen LogP contribution in [0, 0.1) is 18.7 Å². The molecule has 0 saturated heterocycles. The zero-order valence-electron chi connectivity index (χ0n) is 14.4. The van der Waals surface area contributed by atoms with E-state index in [9.17, 15) is 19.7 Å². The van der Waals surface area contributed by atoms with E-state index in [0.29, 0.717) is 12.2 Å². The lowest BCUT2D eigenvalue weighted by atomic mass is 10.1. The minimum absolute atomic E-state index is 0.0388. The Bertz CT molecular complexity index is 853. The third kappa shape index (κ3) is 4.38. The Hall–Kier alpha value is -2.20. The molecule has 3 rings (SSSR count). The summed E-state index contributed by atoms with van der Waals surface area (Å²) in [5.74, 6) is -0.302. The number of aromatic nitrogens is 2. The molecule has 1 saturated carbocycles. The number of aliphatic hydroxyl groups is 3. The SMILES string of the molecule is Cc1nc(Cl)c(N=Nc2cccc(F)c2)c(N[C@@H]2C[C@H](CO)[C@@H](O)[C@H]2O)n1. The zero-order chi connectivity index (χ0) is 19.6. The maximum Gasteiger partial charge on any atom is 0.165 e. The summed E-state index contributed by atoms with van der Waals surface area (Å²) in [5, 5.41) is 40.5. The van der Waals surface area contributed by atoms with Gasteiger partial charge in [-0.1, -0.05) is 17.7 Å². The lowest BCUT2D eigenvalue weighted by molar-refractivity contribution is 0.00446. The van der Waals surface area contributed by atoms with Gasteiger partial charge in [-0.3, -0.25) is 0 Å². The topological polar surface area (TPSA) is 123 Å². The van der Waals surface area contributed by atoms with E-state index in [1.54, 1.807) is 13.0 Å². The molecule has 0 spiro atoms. The van der Waals surface area contributed by atoms with Crippen LogP contribution >= 0.6 is 11.6 Å². The number of halogens is 2. The summed E-state index contributed by atoms with van der Waals surface area (Å²) < 4.78 is 13.3. The first-order valence-electron chi connectivity index (χ1n) is 8.34. The van der Waals surface area contributed by atoms with Gasteiger partial charge in [0.1, 0.15) is 17.7 Å². The second kappa shape index (κ2) is 8.22. The molecule has 4 atom stereocenters. The van der Waals surface area contributed by atoms with Gasteiger partial charge in [0.05, 0.1) is 17.8 Å². The Balaban J connectivity index is 1.89. The van der Waals surface area contributed by atoms with Crippen molar-refractivity contribution < 1.29 is 19.7 Å². The highest BCUT2D eigenvalue weighted by molar-refractivity contribution is 6.32. The van der Waals surface area contributed by atoms with Crippen molar-refractivity contribution in [3.63, 3.8) is 0 Å². The summed E-state index contributed by atoms with van der Waals surface area (Å²) in [5.41, 5.74) is 0.412. The van der Waals surface area contributed by atoms with Crippen LogP contribution in [0.25, 0.3) is 0 Å². The number of anilines is 1. The molecule has 10 heteroatoms. The molecule has 27 heavy (non-hydrogen) atoms.